The molecule has 1 aromatic heterocycles. The average molecular weight is 327 g/mol. The topological polar surface area (TPSA) is 73.3 Å². The molecule has 126 valence electrons. The third kappa shape index (κ3) is 4.29. The molecular weight excluding hydrogens is 306 g/mol. The SMILES string of the molecule is COC1CCC(C(=O)Nc2ncc(Oc3ccccc3)cn2)CC1. The fraction of sp³-hybridized carbons (Fsp3) is 0.389. The van der Waals surface area contributed by atoms with Gasteiger partial charge in [0.15, 0.2) is 5.75 Å². The molecule has 0 saturated heterocycles. The lowest BCUT2D eigenvalue weighted by Crippen LogP contribution is -2.30. The van der Waals surface area contributed by atoms with Crippen molar-refractivity contribution in [1.29, 1.82) is 0 Å². The number of methoxy groups -OCH3 is 1. The van der Waals surface area contributed by atoms with Gasteiger partial charge in [-0.25, -0.2) is 9.97 Å². The van der Waals surface area contributed by atoms with Crippen molar-refractivity contribution in [2.45, 2.75) is 31.8 Å². The van der Waals surface area contributed by atoms with Crippen molar-refractivity contribution in [2.24, 2.45) is 5.92 Å². The summed E-state index contributed by atoms with van der Waals surface area (Å²) in [6.07, 6.45) is 6.88. The number of aromatic nitrogens is 2. The molecule has 1 amide bonds. The van der Waals surface area contributed by atoms with E-state index in [-0.39, 0.29) is 17.9 Å². The number of nitrogens with zero attached hydrogens (tertiary/aromatic N) is 2. The van der Waals surface area contributed by atoms with Crippen LogP contribution < -0.4 is 10.1 Å². The number of carbonyl (C=O) groups is 1. The molecule has 1 fully saturated rings. The average Bonchev–Trinajstić information content (AvgIpc) is 2.64. The lowest BCUT2D eigenvalue weighted by molar-refractivity contribution is -0.121. The summed E-state index contributed by atoms with van der Waals surface area (Å²) in [6, 6.07) is 9.41. The number of benzene rings is 1. The second-order valence-corrected chi connectivity index (χ2v) is 5.86. The molecule has 0 radical (unpaired) electrons. The van der Waals surface area contributed by atoms with Crippen molar-refractivity contribution in [3.8, 4) is 11.5 Å². The zero-order valence-electron chi connectivity index (χ0n) is 13.6. The Morgan fingerprint density at radius 2 is 1.71 bits per heavy atom. The zero-order valence-corrected chi connectivity index (χ0v) is 13.6. The van der Waals surface area contributed by atoms with E-state index in [1.54, 1.807) is 19.5 Å². The standard InChI is InChI=1S/C18H21N3O3/c1-23-14-9-7-13(8-10-14)17(22)21-18-19-11-16(12-20-18)24-15-5-3-2-4-6-15/h2-6,11-14H,7-10H2,1H3,(H,19,20,21,22). The number of amides is 1. The Hall–Kier alpha value is -2.47. The number of carbonyl (C=O) groups excluding carboxylic acids is 1. The first-order valence-electron chi connectivity index (χ1n) is 8.13. The highest BCUT2D eigenvalue weighted by atomic mass is 16.5. The summed E-state index contributed by atoms with van der Waals surface area (Å²) in [5.74, 6) is 1.52. The Morgan fingerprint density at radius 1 is 1.04 bits per heavy atom. The molecule has 6 nitrogen and oxygen atoms in total. The predicted octanol–water partition coefficient (Wildman–Crippen LogP) is 3.41. The summed E-state index contributed by atoms with van der Waals surface area (Å²) in [7, 11) is 1.72. The maximum Gasteiger partial charge on any atom is 0.229 e. The molecule has 24 heavy (non-hydrogen) atoms. The van der Waals surface area contributed by atoms with E-state index in [1.165, 1.54) is 0 Å². The van der Waals surface area contributed by atoms with Crippen molar-refractivity contribution in [2.75, 3.05) is 12.4 Å². The maximum absolute atomic E-state index is 12.3. The van der Waals surface area contributed by atoms with Crippen LogP contribution >= 0.6 is 0 Å². The van der Waals surface area contributed by atoms with E-state index in [1.807, 2.05) is 30.3 Å². The molecular formula is C18H21N3O3. The summed E-state index contributed by atoms with van der Waals surface area (Å²) >= 11 is 0. The Kier molecular flexibility index (Phi) is 5.38. The number of hydrogen-bond acceptors (Lipinski definition) is 5. The largest absolute Gasteiger partial charge is 0.454 e. The van der Waals surface area contributed by atoms with E-state index in [0.29, 0.717) is 17.4 Å². The van der Waals surface area contributed by atoms with Gasteiger partial charge in [-0.05, 0) is 37.8 Å². The van der Waals surface area contributed by atoms with Crippen LogP contribution in [0.25, 0.3) is 0 Å². The van der Waals surface area contributed by atoms with Gasteiger partial charge in [0.2, 0.25) is 11.9 Å². The van der Waals surface area contributed by atoms with Crippen LogP contribution in [0.4, 0.5) is 5.95 Å². The summed E-state index contributed by atoms with van der Waals surface area (Å²) in [5.41, 5.74) is 0. The minimum absolute atomic E-state index is 0.000227. The highest BCUT2D eigenvalue weighted by Crippen LogP contribution is 2.27. The van der Waals surface area contributed by atoms with Crippen LogP contribution in [0, 0.1) is 5.92 Å². The molecule has 6 heteroatoms. The molecule has 0 spiro atoms. The van der Waals surface area contributed by atoms with E-state index in [0.717, 1.165) is 25.7 Å². The molecule has 1 aliphatic carbocycles. The van der Waals surface area contributed by atoms with Gasteiger partial charge >= 0.3 is 0 Å². The lowest BCUT2D eigenvalue weighted by Gasteiger charge is -2.26. The summed E-state index contributed by atoms with van der Waals surface area (Å²) in [6.45, 7) is 0. The maximum atomic E-state index is 12.3. The summed E-state index contributed by atoms with van der Waals surface area (Å²) in [4.78, 5) is 20.6. The fourth-order valence-corrected chi connectivity index (χ4v) is 2.83. The van der Waals surface area contributed by atoms with Gasteiger partial charge in [0, 0.05) is 13.0 Å². The minimum atomic E-state index is -0.0266. The molecule has 0 atom stereocenters. The monoisotopic (exact) mass is 327 g/mol. The van der Waals surface area contributed by atoms with Gasteiger partial charge in [-0.2, -0.15) is 0 Å². The highest BCUT2D eigenvalue weighted by Gasteiger charge is 2.26. The van der Waals surface area contributed by atoms with Crippen molar-refractivity contribution in [1.82, 2.24) is 9.97 Å². The van der Waals surface area contributed by atoms with Gasteiger partial charge < -0.3 is 9.47 Å². The lowest BCUT2D eigenvalue weighted by atomic mass is 9.87. The molecule has 0 aliphatic heterocycles. The van der Waals surface area contributed by atoms with Gasteiger partial charge in [-0.3, -0.25) is 10.1 Å². The smallest absolute Gasteiger partial charge is 0.229 e. The van der Waals surface area contributed by atoms with Crippen molar-refractivity contribution in [3.05, 3.63) is 42.7 Å². The molecule has 0 unspecified atom stereocenters. The van der Waals surface area contributed by atoms with Gasteiger partial charge in [0.1, 0.15) is 5.75 Å². The third-order valence-corrected chi connectivity index (χ3v) is 4.22. The first-order chi connectivity index (χ1) is 11.7. The van der Waals surface area contributed by atoms with Crippen molar-refractivity contribution >= 4 is 11.9 Å². The molecule has 1 aromatic carbocycles. The molecule has 1 heterocycles. The number of para-hydroxylation sites is 1. The van der Waals surface area contributed by atoms with E-state index >= 15 is 0 Å². The van der Waals surface area contributed by atoms with E-state index in [2.05, 4.69) is 15.3 Å². The summed E-state index contributed by atoms with van der Waals surface area (Å²) < 4.78 is 11.0. The predicted molar refractivity (Wildman–Crippen MR) is 89.9 cm³/mol. The van der Waals surface area contributed by atoms with Crippen LogP contribution in [0.5, 0.6) is 11.5 Å². The molecule has 3 rings (SSSR count). The van der Waals surface area contributed by atoms with Crippen LogP contribution in [0.3, 0.4) is 0 Å². The van der Waals surface area contributed by atoms with Crippen LogP contribution in [-0.2, 0) is 9.53 Å². The zero-order chi connectivity index (χ0) is 16.8. The van der Waals surface area contributed by atoms with E-state index in [9.17, 15) is 4.79 Å². The number of rotatable bonds is 5. The van der Waals surface area contributed by atoms with Gasteiger partial charge in [0.25, 0.3) is 0 Å². The highest BCUT2D eigenvalue weighted by molar-refractivity contribution is 5.90. The van der Waals surface area contributed by atoms with Gasteiger partial charge in [0.05, 0.1) is 18.5 Å². The van der Waals surface area contributed by atoms with Crippen LogP contribution in [-0.4, -0.2) is 29.1 Å². The minimum Gasteiger partial charge on any atom is -0.454 e. The Labute approximate surface area is 141 Å². The quantitative estimate of drug-likeness (QED) is 0.911. The summed E-state index contributed by atoms with van der Waals surface area (Å²) in [5, 5.41) is 2.78. The number of hydrogen-bond donors (Lipinski definition) is 1. The second kappa shape index (κ2) is 7.88. The van der Waals surface area contributed by atoms with Crippen molar-refractivity contribution < 1.29 is 14.3 Å². The molecule has 0 bridgehead atoms. The van der Waals surface area contributed by atoms with E-state index < -0.39 is 0 Å². The molecule has 1 N–H and O–H groups in total. The molecule has 1 saturated carbocycles. The van der Waals surface area contributed by atoms with E-state index in [4.69, 9.17) is 9.47 Å². The van der Waals surface area contributed by atoms with Crippen molar-refractivity contribution in [3.63, 3.8) is 0 Å². The Balaban J connectivity index is 1.53. The Morgan fingerprint density at radius 3 is 2.33 bits per heavy atom. The van der Waals surface area contributed by atoms with Gasteiger partial charge in [-0.1, -0.05) is 18.2 Å². The van der Waals surface area contributed by atoms with Crippen LogP contribution in [0.1, 0.15) is 25.7 Å². The normalized spacial score (nSPS) is 20.4. The number of anilines is 1. The Bertz CT molecular complexity index is 653. The first-order valence-corrected chi connectivity index (χ1v) is 8.13. The fourth-order valence-electron chi connectivity index (χ4n) is 2.83. The molecule has 2 aromatic rings. The van der Waals surface area contributed by atoms with Crippen LogP contribution in [0.15, 0.2) is 42.7 Å². The third-order valence-electron chi connectivity index (χ3n) is 4.22. The molecule has 1 aliphatic rings. The first kappa shape index (κ1) is 16.4. The van der Waals surface area contributed by atoms with Crippen LogP contribution in [0.2, 0.25) is 0 Å². The second-order valence-electron chi connectivity index (χ2n) is 5.86. The van der Waals surface area contributed by atoms with Gasteiger partial charge in [-0.15, -0.1) is 0 Å². The number of nitrogens with one attached hydrogen (secondary N) is 1. The number of ether oxygens (including phenoxy) is 2.